The van der Waals surface area contributed by atoms with Gasteiger partial charge in [-0.05, 0) is 92.8 Å². The average Bonchev–Trinajstić information content (AvgIpc) is 2.97. The van der Waals surface area contributed by atoms with Crippen molar-refractivity contribution in [3.63, 3.8) is 0 Å². The number of likely N-dealkylation sites (tertiary alicyclic amines) is 1. The van der Waals surface area contributed by atoms with Gasteiger partial charge in [0.25, 0.3) is 10.0 Å². The fraction of sp³-hybridized carbons (Fsp3) is 0.543. The van der Waals surface area contributed by atoms with Crippen LogP contribution in [0.3, 0.4) is 0 Å². The first kappa shape index (κ1) is 31.0. The minimum Gasteiger partial charge on any atom is -0.476 e. The fourth-order valence-electron chi connectivity index (χ4n) is 7.37. The van der Waals surface area contributed by atoms with E-state index in [4.69, 9.17) is 9.72 Å². The number of ether oxygens (including phenoxy) is 1. The van der Waals surface area contributed by atoms with Crippen LogP contribution in [0, 0.1) is 11.3 Å². The Labute approximate surface area is 263 Å². The molecule has 6 rings (SSSR count). The van der Waals surface area contributed by atoms with Gasteiger partial charge in [0.05, 0.1) is 10.6 Å². The van der Waals surface area contributed by atoms with Crippen molar-refractivity contribution in [2.24, 2.45) is 11.3 Å². The minimum absolute atomic E-state index is 0.0150. The van der Waals surface area contributed by atoms with E-state index in [0.717, 1.165) is 36.2 Å². The molecule has 0 unspecified atom stereocenters. The van der Waals surface area contributed by atoms with E-state index in [0.29, 0.717) is 42.1 Å². The van der Waals surface area contributed by atoms with Gasteiger partial charge in [-0.15, -0.1) is 0 Å². The summed E-state index contributed by atoms with van der Waals surface area (Å²) in [5.41, 5.74) is 4.13. The van der Waals surface area contributed by atoms with Gasteiger partial charge in [0, 0.05) is 30.3 Å². The zero-order valence-corrected chi connectivity index (χ0v) is 27.6. The van der Waals surface area contributed by atoms with Crippen molar-refractivity contribution in [2.75, 3.05) is 31.5 Å². The van der Waals surface area contributed by atoms with Crippen molar-refractivity contribution in [3.8, 4) is 17.1 Å². The zero-order valence-electron chi connectivity index (χ0n) is 26.8. The smallest absolute Gasteiger partial charge is 0.264 e. The van der Waals surface area contributed by atoms with Gasteiger partial charge < -0.3 is 9.64 Å². The van der Waals surface area contributed by atoms with Crippen molar-refractivity contribution >= 4 is 16.0 Å². The van der Waals surface area contributed by atoms with Crippen LogP contribution in [-0.2, 0) is 16.6 Å². The highest BCUT2D eigenvalue weighted by Crippen LogP contribution is 2.51. The number of hydrogen-bond donors (Lipinski definition) is 1. The van der Waals surface area contributed by atoms with Gasteiger partial charge >= 0.3 is 0 Å². The molecule has 1 aliphatic carbocycles. The van der Waals surface area contributed by atoms with Crippen LogP contribution >= 0.6 is 0 Å². The van der Waals surface area contributed by atoms with Crippen molar-refractivity contribution in [1.82, 2.24) is 19.8 Å². The first-order valence-electron chi connectivity index (χ1n) is 16.2. The van der Waals surface area contributed by atoms with E-state index in [1.807, 2.05) is 42.5 Å². The van der Waals surface area contributed by atoms with Crippen LogP contribution in [0.2, 0.25) is 0 Å². The van der Waals surface area contributed by atoms with Crippen LogP contribution in [0.15, 0.2) is 59.5 Å². The number of anilines is 1. The van der Waals surface area contributed by atoms with Gasteiger partial charge in [0.1, 0.15) is 6.61 Å². The number of fused-ring (bicyclic) bond motifs is 4. The number of benzene rings is 2. The molecule has 0 radical (unpaired) electrons. The first-order chi connectivity index (χ1) is 21.0. The second-order valence-electron chi connectivity index (χ2n) is 14.0. The maximum Gasteiger partial charge on any atom is 0.264 e. The van der Waals surface area contributed by atoms with Crippen LogP contribution in [0.25, 0.3) is 11.3 Å². The maximum atomic E-state index is 13.7. The lowest BCUT2D eigenvalue weighted by Crippen LogP contribution is -2.57. The topological polar surface area (TPSA) is 87.7 Å². The number of rotatable bonds is 5. The Morgan fingerprint density at radius 3 is 2.48 bits per heavy atom. The van der Waals surface area contributed by atoms with Crippen LogP contribution in [-0.4, -0.2) is 67.0 Å². The SMILES string of the molecule is CC(C)C[C@@H]1COc2cc(-c3ccccc3C(C)C)nc(n2)NS(=O)(=O)c2cccc(c2)CN1C1CC2(CCN(C)CC2)C1. The zero-order chi connectivity index (χ0) is 31.1. The summed E-state index contributed by atoms with van der Waals surface area (Å²) >= 11 is 0. The molecule has 1 spiro atoms. The highest BCUT2D eigenvalue weighted by molar-refractivity contribution is 7.92. The van der Waals surface area contributed by atoms with Gasteiger partial charge in [-0.25, -0.2) is 18.1 Å². The second kappa shape index (κ2) is 12.4. The largest absolute Gasteiger partial charge is 0.476 e. The molecule has 3 aromatic rings. The Bertz CT molecular complexity index is 1570. The number of sulfonamides is 1. The number of nitrogens with zero attached hydrogens (tertiary/aromatic N) is 4. The summed E-state index contributed by atoms with van der Waals surface area (Å²) in [5.74, 6) is 1.14. The van der Waals surface area contributed by atoms with Gasteiger partial charge in [0.15, 0.2) is 0 Å². The van der Waals surface area contributed by atoms with Crippen molar-refractivity contribution in [2.45, 2.75) is 89.2 Å². The van der Waals surface area contributed by atoms with E-state index in [1.54, 1.807) is 6.07 Å². The lowest BCUT2D eigenvalue weighted by Gasteiger charge is -2.56. The van der Waals surface area contributed by atoms with Gasteiger partial charge in [-0.1, -0.05) is 64.1 Å². The Hall–Kier alpha value is -3.01. The molecule has 2 aromatic carbocycles. The lowest BCUT2D eigenvalue weighted by atomic mass is 9.59. The maximum absolute atomic E-state index is 13.7. The van der Waals surface area contributed by atoms with Gasteiger partial charge in [-0.3, -0.25) is 4.90 Å². The minimum atomic E-state index is -3.93. The number of piperidine rings is 1. The number of aromatic nitrogens is 2. The Balaban J connectivity index is 1.40. The normalized spacial score (nSPS) is 22.4. The molecule has 8 nitrogen and oxygen atoms in total. The quantitative estimate of drug-likeness (QED) is 0.347. The molecular weight excluding hydrogens is 570 g/mol. The summed E-state index contributed by atoms with van der Waals surface area (Å²) in [4.78, 5) is 14.5. The molecular formula is C35H47N5O3S. The average molecular weight is 618 g/mol. The molecule has 2 aliphatic heterocycles. The van der Waals surface area contributed by atoms with E-state index in [1.165, 1.54) is 25.7 Å². The van der Waals surface area contributed by atoms with Crippen LogP contribution in [0.4, 0.5) is 5.95 Å². The first-order valence-corrected chi connectivity index (χ1v) is 17.7. The summed E-state index contributed by atoms with van der Waals surface area (Å²) in [6.07, 6.45) is 5.85. The van der Waals surface area contributed by atoms with Crippen molar-refractivity contribution in [3.05, 3.63) is 65.7 Å². The summed E-state index contributed by atoms with van der Waals surface area (Å²) < 4.78 is 36.5. The summed E-state index contributed by atoms with van der Waals surface area (Å²) in [7, 11) is -1.71. The third-order valence-electron chi connectivity index (χ3n) is 9.85. The third kappa shape index (κ3) is 6.65. The predicted octanol–water partition coefficient (Wildman–Crippen LogP) is 6.55. The van der Waals surface area contributed by atoms with E-state index in [9.17, 15) is 8.42 Å². The van der Waals surface area contributed by atoms with Gasteiger partial charge in [0.2, 0.25) is 11.8 Å². The van der Waals surface area contributed by atoms with Gasteiger partial charge in [-0.2, -0.15) is 4.98 Å². The van der Waals surface area contributed by atoms with E-state index in [-0.39, 0.29) is 22.8 Å². The molecule has 0 amide bonds. The summed E-state index contributed by atoms with van der Waals surface area (Å²) in [6, 6.07) is 17.9. The molecule has 2 fully saturated rings. The van der Waals surface area contributed by atoms with Crippen molar-refractivity contribution in [1.29, 1.82) is 0 Å². The third-order valence-corrected chi connectivity index (χ3v) is 11.2. The molecule has 1 aromatic heterocycles. The number of hydrogen-bond acceptors (Lipinski definition) is 7. The Morgan fingerprint density at radius 2 is 1.75 bits per heavy atom. The molecule has 1 atom stereocenters. The molecule has 4 bridgehead atoms. The molecule has 1 saturated carbocycles. The lowest BCUT2D eigenvalue weighted by molar-refractivity contribution is -0.0665. The molecule has 1 saturated heterocycles. The molecule has 236 valence electrons. The van der Waals surface area contributed by atoms with Crippen LogP contribution in [0.5, 0.6) is 5.88 Å². The second-order valence-corrected chi connectivity index (χ2v) is 15.7. The number of nitrogens with one attached hydrogen (secondary N) is 1. The molecule has 3 heterocycles. The molecule has 44 heavy (non-hydrogen) atoms. The highest BCUT2D eigenvalue weighted by Gasteiger charge is 2.48. The van der Waals surface area contributed by atoms with Crippen LogP contribution in [0.1, 0.15) is 76.8 Å². The van der Waals surface area contributed by atoms with E-state index < -0.39 is 10.0 Å². The Morgan fingerprint density at radius 1 is 1.00 bits per heavy atom. The summed E-state index contributed by atoms with van der Waals surface area (Å²) in [6.45, 7) is 12.3. The highest BCUT2D eigenvalue weighted by atomic mass is 32.2. The van der Waals surface area contributed by atoms with E-state index >= 15 is 0 Å². The Kier molecular flexibility index (Phi) is 8.74. The fourth-order valence-corrected chi connectivity index (χ4v) is 8.39. The molecule has 3 aliphatic rings. The molecule has 1 N–H and O–H groups in total. The predicted molar refractivity (Wildman–Crippen MR) is 175 cm³/mol. The monoisotopic (exact) mass is 617 g/mol. The van der Waals surface area contributed by atoms with Crippen LogP contribution < -0.4 is 9.46 Å². The van der Waals surface area contributed by atoms with E-state index in [2.05, 4.69) is 60.3 Å². The summed E-state index contributed by atoms with van der Waals surface area (Å²) in [5, 5.41) is 0. The molecule has 9 heteroatoms. The van der Waals surface area contributed by atoms with Crippen molar-refractivity contribution < 1.29 is 13.2 Å². The standard InChI is InChI=1S/C35H47N5O3S/c1-24(2)17-27-23-43-33-19-32(31-12-7-6-11-30(31)25(3)4)36-34(37-33)38-44(41,42)29-10-8-9-26(18-29)22-40(27)28-20-35(21-28)13-15-39(5)16-14-35/h6-12,18-19,24-25,27-28H,13-17,20-23H2,1-5H3,(H,36,37,38)/t27-/m1/s1.